The van der Waals surface area contributed by atoms with Crippen LogP contribution >= 0.6 is 0 Å². The Kier molecular flexibility index (Phi) is 8.29. The topological polar surface area (TPSA) is 249 Å². The van der Waals surface area contributed by atoms with E-state index in [1.54, 1.807) is 0 Å². The summed E-state index contributed by atoms with van der Waals surface area (Å²) in [5.74, 6) is -3.26. The Morgan fingerprint density at radius 3 is 2.10 bits per heavy atom. The molecule has 0 fully saturated rings. The van der Waals surface area contributed by atoms with Crippen LogP contribution in [0.5, 0.6) is 11.5 Å². The summed E-state index contributed by atoms with van der Waals surface area (Å²) in [4.78, 5) is 10.0. The van der Waals surface area contributed by atoms with E-state index in [2.05, 4.69) is 10.2 Å². The van der Waals surface area contributed by atoms with Crippen molar-refractivity contribution in [1.82, 2.24) is 4.90 Å². The number of benzene rings is 3. The number of rotatable bonds is 10. The first-order chi connectivity index (χ1) is 17.9. The van der Waals surface area contributed by atoms with Crippen molar-refractivity contribution in [3.63, 3.8) is 0 Å². The van der Waals surface area contributed by atoms with Crippen LogP contribution in [0.15, 0.2) is 67.4 Å². The highest BCUT2D eigenvalue weighted by atomic mass is 32.2. The van der Waals surface area contributed by atoms with Gasteiger partial charge in [-0.2, -0.15) is 16.8 Å². The highest BCUT2D eigenvalue weighted by Crippen LogP contribution is 2.42. The monoisotopic (exact) mass is 603 g/mol. The third kappa shape index (κ3) is 7.05. The molecule has 0 aromatic heterocycles. The normalized spacial score (nSPS) is 12.9. The number of carbonyl (C=O) groups is 1. The Morgan fingerprint density at radius 2 is 1.51 bits per heavy atom. The molecule has 0 spiro atoms. The predicted octanol–water partition coefficient (Wildman–Crippen LogP) is 1.95. The van der Waals surface area contributed by atoms with Gasteiger partial charge >= 0.3 is 5.97 Å². The van der Waals surface area contributed by atoms with Gasteiger partial charge in [-0.25, -0.2) is 8.42 Å². The Labute approximate surface area is 222 Å². The first-order valence-electron chi connectivity index (χ1n) is 10.5. The van der Waals surface area contributed by atoms with Crippen LogP contribution in [0, 0.1) is 0 Å². The average molecular weight is 604 g/mol. The van der Waals surface area contributed by atoms with Crippen LogP contribution in [-0.4, -0.2) is 86.4 Å². The molecule has 0 radical (unpaired) electrons. The van der Waals surface area contributed by atoms with Crippen molar-refractivity contribution >= 4 is 58.2 Å². The minimum Gasteiger partial charge on any atom is -0.506 e. The minimum atomic E-state index is -5.07. The lowest BCUT2D eigenvalue weighted by molar-refractivity contribution is -0.137. The lowest BCUT2D eigenvalue weighted by Crippen LogP contribution is -2.30. The summed E-state index contributed by atoms with van der Waals surface area (Å²) in [6, 6.07) is 6.58. The summed E-state index contributed by atoms with van der Waals surface area (Å²) in [7, 11) is -12.4. The molecule has 210 valence electrons. The second-order valence-corrected chi connectivity index (χ2v) is 13.1. The fourth-order valence-electron chi connectivity index (χ4n) is 3.37. The first kappa shape index (κ1) is 29.9. The van der Waals surface area contributed by atoms with Crippen LogP contribution in [0.1, 0.15) is 0 Å². The van der Waals surface area contributed by atoms with E-state index in [9.17, 15) is 49.4 Å². The number of carboxylic acid groups (broad SMARTS) is 1. The first-order valence-corrected chi connectivity index (χ1v) is 15.1. The summed E-state index contributed by atoms with van der Waals surface area (Å²) in [5, 5.41) is 36.6. The van der Waals surface area contributed by atoms with Gasteiger partial charge in [0.1, 0.15) is 22.0 Å². The average Bonchev–Trinajstić information content (AvgIpc) is 2.80. The fourth-order valence-corrected chi connectivity index (χ4v) is 5.86. The number of hydrogen-bond donors (Lipinski definition) is 5. The van der Waals surface area contributed by atoms with Gasteiger partial charge in [-0.3, -0.25) is 18.8 Å². The van der Waals surface area contributed by atoms with Crippen LogP contribution in [0.3, 0.4) is 0 Å². The number of carboxylic acids is 1. The number of hydrogen-bond acceptors (Lipinski definition) is 12. The molecule has 0 aliphatic carbocycles. The second-order valence-electron chi connectivity index (χ2n) is 8.21. The molecule has 0 saturated carbocycles. The lowest BCUT2D eigenvalue weighted by Gasteiger charge is -2.14. The highest BCUT2D eigenvalue weighted by Gasteiger charge is 2.23. The Bertz CT molecular complexity index is 1820. The van der Waals surface area contributed by atoms with Crippen molar-refractivity contribution in [3.8, 4) is 11.5 Å². The van der Waals surface area contributed by atoms with Crippen molar-refractivity contribution < 1.29 is 54.5 Å². The summed E-state index contributed by atoms with van der Waals surface area (Å²) < 4.78 is 90.8. The molecule has 39 heavy (non-hydrogen) atoms. The SMILES string of the molecule is CN(CCS(=O)(=O)c1ccc(O)c(N=Nc2c(O)c(S(=O)(=O)O)cc3cc(S(=O)(=O)O)ccc23)c1)CC(=O)O. The highest BCUT2D eigenvalue weighted by molar-refractivity contribution is 7.91. The zero-order valence-corrected chi connectivity index (χ0v) is 22.3. The summed E-state index contributed by atoms with van der Waals surface area (Å²) >= 11 is 0. The van der Waals surface area contributed by atoms with Crippen molar-refractivity contribution in [2.45, 2.75) is 14.7 Å². The minimum absolute atomic E-state index is 0.0826. The van der Waals surface area contributed by atoms with Gasteiger partial charge in [-0.05, 0) is 48.8 Å². The van der Waals surface area contributed by atoms with Crippen molar-refractivity contribution in [3.05, 3.63) is 42.5 Å². The number of fused-ring (bicyclic) bond motifs is 1. The lowest BCUT2D eigenvalue weighted by atomic mass is 10.1. The van der Waals surface area contributed by atoms with Crippen LogP contribution in [0.2, 0.25) is 0 Å². The van der Waals surface area contributed by atoms with E-state index in [-0.39, 0.29) is 22.2 Å². The predicted molar refractivity (Wildman–Crippen MR) is 135 cm³/mol. The largest absolute Gasteiger partial charge is 0.506 e. The Balaban J connectivity index is 2.10. The zero-order chi connectivity index (χ0) is 29.3. The molecule has 0 unspecified atom stereocenters. The van der Waals surface area contributed by atoms with Gasteiger partial charge in [0.15, 0.2) is 15.6 Å². The molecule has 3 rings (SSSR count). The summed E-state index contributed by atoms with van der Waals surface area (Å²) in [6.07, 6.45) is 0. The maximum Gasteiger partial charge on any atom is 0.317 e. The third-order valence-electron chi connectivity index (χ3n) is 5.31. The Hall–Kier alpha value is -3.68. The summed E-state index contributed by atoms with van der Waals surface area (Å²) in [6.45, 7) is -0.517. The molecular formula is C21H21N3O12S3. The van der Waals surface area contributed by atoms with Crippen molar-refractivity contribution in [1.29, 1.82) is 0 Å². The molecule has 5 N–H and O–H groups in total. The van der Waals surface area contributed by atoms with Gasteiger partial charge in [-0.1, -0.05) is 6.07 Å². The van der Waals surface area contributed by atoms with Gasteiger partial charge in [0.25, 0.3) is 20.2 Å². The molecular weight excluding hydrogens is 582 g/mol. The molecule has 0 bridgehead atoms. The standard InChI is InChI=1S/C21H21N3O12S3/c1-24(11-19(26)27)6-7-37(29,30)13-3-5-17(25)16(10-13)22-23-20-15-4-2-14(38(31,32)33)8-12(15)9-18(21(20)28)39(34,35)36/h2-5,8-10,25,28H,6-7,11H2,1H3,(H,26,27)(H,31,32,33)(H,34,35,36). The molecule has 0 aliphatic heterocycles. The summed E-state index contributed by atoms with van der Waals surface area (Å²) in [5.41, 5.74) is -1.01. The van der Waals surface area contributed by atoms with Crippen molar-refractivity contribution in [2.75, 3.05) is 25.9 Å². The van der Waals surface area contributed by atoms with Gasteiger partial charge in [0, 0.05) is 11.9 Å². The molecule has 0 amide bonds. The Morgan fingerprint density at radius 1 is 0.872 bits per heavy atom. The number of sulfone groups is 1. The van der Waals surface area contributed by atoms with E-state index in [4.69, 9.17) is 5.11 Å². The van der Waals surface area contributed by atoms with Gasteiger partial charge in [0.2, 0.25) is 0 Å². The molecule has 3 aromatic carbocycles. The van der Waals surface area contributed by atoms with Gasteiger partial charge in [0.05, 0.1) is 22.1 Å². The number of aromatic hydroxyl groups is 2. The molecule has 0 aliphatic rings. The van der Waals surface area contributed by atoms with E-state index in [0.29, 0.717) is 0 Å². The molecule has 0 heterocycles. The van der Waals surface area contributed by atoms with Crippen LogP contribution in [0.25, 0.3) is 10.8 Å². The van der Waals surface area contributed by atoms with Crippen molar-refractivity contribution in [2.24, 2.45) is 10.2 Å². The van der Waals surface area contributed by atoms with E-state index < -0.39 is 81.0 Å². The molecule has 0 saturated heterocycles. The second kappa shape index (κ2) is 10.8. The maximum atomic E-state index is 12.7. The third-order valence-corrected chi connectivity index (χ3v) is 8.72. The molecule has 0 atom stereocenters. The van der Waals surface area contributed by atoms with Crippen LogP contribution in [0.4, 0.5) is 11.4 Å². The van der Waals surface area contributed by atoms with Crippen LogP contribution < -0.4 is 0 Å². The van der Waals surface area contributed by atoms with Crippen LogP contribution in [-0.2, 0) is 34.9 Å². The maximum absolute atomic E-state index is 12.7. The van der Waals surface area contributed by atoms with Gasteiger partial charge in [-0.15, -0.1) is 10.2 Å². The number of phenolic OH excluding ortho intramolecular Hbond substituents is 2. The molecule has 3 aromatic rings. The number of aliphatic carboxylic acids is 1. The number of nitrogens with zero attached hydrogens (tertiary/aromatic N) is 3. The van der Waals surface area contributed by atoms with Gasteiger partial charge < -0.3 is 15.3 Å². The number of phenols is 2. The molecule has 15 nitrogen and oxygen atoms in total. The van der Waals surface area contributed by atoms with E-state index in [1.807, 2.05) is 0 Å². The fraction of sp³-hybridized carbons (Fsp3) is 0.190. The van der Waals surface area contributed by atoms with E-state index >= 15 is 0 Å². The number of likely N-dealkylation sites (N-methyl/N-ethyl adjacent to an activating group) is 1. The molecule has 18 heteroatoms. The quantitative estimate of drug-likeness (QED) is 0.164. The van der Waals surface area contributed by atoms with E-state index in [1.165, 1.54) is 11.9 Å². The smallest absolute Gasteiger partial charge is 0.317 e. The zero-order valence-electron chi connectivity index (χ0n) is 19.8. The van der Waals surface area contributed by atoms with E-state index in [0.717, 1.165) is 42.5 Å². The number of azo groups is 1.